The Balaban J connectivity index is 2.88. The quantitative estimate of drug-likeness (QED) is 0.472. The highest BCUT2D eigenvalue weighted by Gasteiger charge is 2.18. The van der Waals surface area contributed by atoms with Crippen molar-refractivity contribution in [2.45, 2.75) is 4.90 Å². The van der Waals surface area contributed by atoms with Crippen LogP contribution in [0.2, 0.25) is 0 Å². The van der Waals surface area contributed by atoms with Crippen LogP contribution in [0.15, 0.2) is 41.3 Å². The highest BCUT2D eigenvalue weighted by Crippen LogP contribution is 2.27. The molecule has 84 valence electrons. The minimum absolute atomic E-state index is 0.111. The summed E-state index contributed by atoms with van der Waals surface area (Å²) in [6, 6.07) is 9.46. The van der Waals surface area contributed by atoms with Gasteiger partial charge in [0.25, 0.3) is 0 Å². The molecule has 16 heavy (non-hydrogen) atoms. The summed E-state index contributed by atoms with van der Waals surface area (Å²) in [7, 11) is -4.14. The van der Waals surface area contributed by atoms with E-state index >= 15 is 0 Å². The van der Waals surface area contributed by atoms with Crippen molar-refractivity contribution >= 4 is 26.6 Å². The standard InChI is InChI=1S/C10H9NO4S/c11-9-5-1-4-8-7(9)3-2-6-10(8)16(13,14)15-12/h1-6,12H,11H2. The van der Waals surface area contributed by atoms with Crippen LogP contribution in [0.4, 0.5) is 5.69 Å². The highest BCUT2D eigenvalue weighted by atomic mass is 32.2. The van der Waals surface area contributed by atoms with E-state index in [9.17, 15) is 8.42 Å². The van der Waals surface area contributed by atoms with Crippen LogP contribution in [-0.2, 0) is 14.5 Å². The molecule has 0 aliphatic heterocycles. The van der Waals surface area contributed by atoms with Gasteiger partial charge in [0.05, 0.1) is 0 Å². The fourth-order valence-electron chi connectivity index (χ4n) is 1.56. The van der Waals surface area contributed by atoms with Crippen LogP contribution < -0.4 is 5.73 Å². The van der Waals surface area contributed by atoms with E-state index < -0.39 is 10.1 Å². The van der Waals surface area contributed by atoms with Gasteiger partial charge in [-0.3, -0.25) is 0 Å². The van der Waals surface area contributed by atoms with E-state index in [1.165, 1.54) is 12.1 Å². The average molecular weight is 239 g/mol. The van der Waals surface area contributed by atoms with E-state index in [4.69, 9.17) is 11.0 Å². The molecule has 0 radical (unpaired) electrons. The Morgan fingerprint density at radius 3 is 2.38 bits per heavy atom. The van der Waals surface area contributed by atoms with Gasteiger partial charge >= 0.3 is 10.1 Å². The van der Waals surface area contributed by atoms with Crippen molar-refractivity contribution < 1.29 is 18.0 Å². The first-order chi connectivity index (χ1) is 7.56. The predicted octanol–water partition coefficient (Wildman–Crippen LogP) is 1.60. The molecule has 3 N–H and O–H groups in total. The molecule has 2 aromatic rings. The maximum absolute atomic E-state index is 11.4. The third kappa shape index (κ3) is 1.63. The number of benzene rings is 2. The van der Waals surface area contributed by atoms with Gasteiger partial charge in [0.2, 0.25) is 0 Å². The third-order valence-corrected chi connectivity index (χ3v) is 3.37. The average Bonchev–Trinajstić information content (AvgIpc) is 2.29. The van der Waals surface area contributed by atoms with Crippen molar-refractivity contribution in [1.29, 1.82) is 0 Å². The number of hydrogen-bond acceptors (Lipinski definition) is 5. The molecule has 0 aliphatic rings. The zero-order chi connectivity index (χ0) is 11.8. The second kappa shape index (κ2) is 3.75. The minimum Gasteiger partial charge on any atom is -0.398 e. The first-order valence-electron chi connectivity index (χ1n) is 4.41. The smallest absolute Gasteiger partial charge is 0.323 e. The molecule has 0 saturated carbocycles. The van der Waals surface area contributed by atoms with Gasteiger partial charge in [-0.05, 0) is 12.1 Å². The van der Waals surface area contributed by atoms with Crippen LogP contribution >= 0.6 is 0 Å². The summed E-state index contributed by atoms with van der Waals surface area (Å²) >= 11 is 0. The largest absolute Gasteiger partial charge is 0.398 e. The van der Waals surface area contributed by atoms with Crippen LogP contribution in [0.5, 0.6) is 0 Å². The molecule has 0 unspecified atom stereocenters. The lowest BCUT2D eigenvalue weighted by Crippen LogP contribution is -2.04. The van der Waals surface area contributed by atoms with E-state index in [0.717, 1.165) is 0 Å². The zero-order valence-corrected chi connectivity index (χ0v) is 8.94. The number of nitrogen functional groups attached to an aromatic ring is 1. The molecule has 6 heteroatoms. The van der Waals surface area contributed by atoms with Crippen LogP contribution in [0, 0.1) is 0 Å². The minimum atomic E-state index is -4.14. The monoisotopic (exact) mass is 239 g/mol. The van der Waals surface area contributed by atoms with Gasteiger partial charge in [-0.2, -0.15) is 8.42 Å². The summed E-state index contributed by atoms with van der Waals surface area (Å²) in [5.41, 5.74) is 6.18. The Bertz CT molecular complexity index is 636. The molecule has 2 rings (SSSR count). The van der Waals surface area contributed by atoms with E-state index in [1.54, 1.807) is 24.3 Å². The van der Waals surface area contributed by atoms with E-state index in [0.29, 0.717) is 16.5 Å². The van der Waals surface area contributed by atoms with Gasteiger partial charge in [-0.15, -0.1) is 4.33 Å². The van der Waals surface area contributed by atoms with Gasteiger partial charge in [-0.1, -0.05) is 24.3 Å². The topological polar surface area (TPSA) is 89.6 Å². The molecule has 0 heterocycles. The molecule has 0 fully saturated rings. The van der Waals surface area contributed by atoms with E-state index in [-0.39, 0.29) is 4.90 Å². The molecular formula is C10H9NO4S. The molecular weight excluding hydrogens is 230 g/mol. The normalized spacial score (nSPS) is 11.8. The lowest BCUT2D eigenvalue weighted by atomic mass is 10.1. The van der Waals surface area contributed by atoms with Crippen molar-refractivity contribution in [3.05, 3.63) is 36.4 Å². The lowest BCUT2D eigenvalue weighted by Gasteiger charge is -2.06. The molecule has 0 spiro atoms. The molecule has 2 aromatic carbocycles. The van der Waals surface area contributed by atoms with Crippen molar-refractivity contribution in [2.24, 2.45) is 0 Å². The Hall–Kier alpha value is -1.63. The van der Waals surface area contributed by atoms with Gasteiger partial charge in [-0.25, -0.2) is 5.26 Å². The Morgan fingerprint density at radius 2 is 1.69 bits per heavy atom. The Labute approximate surface area is 92.1 Å². The second-order valence-corrected chi connectivity index (χ2v) is 4.72. The Morgan fingerprint density at radius 1 is 1.06 bits per heavy atom. The summed E-state index contributed by atoms with van der Waals surface area (Å²) in [5, 5.41) is 9.37. The van der Waals surface area contributed by atoms with Gasteiger partial charge < -0.3 is 5.73 Å². The van der Waals surface area contributed by atoms with Crippen molar-refractivity contribution in [2.75, 3.05) is 5.73 Å². The third-order valence-electron chi connectivity index (χ3n) is 2.28. The summed E-state index contributed by atoms with van der Waals surface area (Å²) in [4.78, 5) is -0.111. The fourth-order valence-corrected chi connectivity index (χ4v) is 2.34. The van der Waals surface area contributed by atoms with Gasteiger partial charge in [0.1, 0.15) is 4.90 Å². The lowest BCUT2D eigenvalue weighted by molar-refractivity contribution is -0.130. The fraction of sp³-hybridized carbons (Fsp3) is 0. The number of rotatable bonds is 2. The number of hydrogen-bond donors (Lipinski definition) is 2. The molecule has 0 bridgehead atoms. The molecule has 0 atom stereocenters. The molecule has 0 aromatic heterocycles. The number of nitrogens with two attached hydrogens (primary N) is 1. The summed E-state index contributed by atoms with van der Waals surface area (Å²) in [6.45, 7) is 0. The Kier molecular flexibility index (Phi) is 2.55. The molecule has 0 saturated heterocycles. The second-order valence-electron chi connectivity index (χ2n) is 3.23. The van der Waals surface area contributed by atoms with Crippen LogP contribution in [0.3, 0.4) is 0 Å². The SMILES string of the molecule is Nc1cccc2c(S(=O)(=O)OO)cccc12. The summed E-state index contributed by atoms with van der Waals surface area (Å²) < 4.78 is 26.3. The van der Waals surface area contributed by atoms with Crippen molar-refractivity contribution in [3.8, 4) is 0 Å². The van der Waals surface area contributed by atoms with Crippen LogP contribution in [-0.4, -0.2) is 13.7 Å². The maximum Gasteiger partial charge on any atom is 0.323 e. The summed E-state index contributed by atoms with van der Waals surface area (Å²) in [5.74, 6) is 0. The van der Waals surface area contributed by atoms with Gasteiger partial charge in [0, 0.05) is 16.5 Å². The molecule has 5 nitrogen and oxygen atoms in total. The van der Waals surface area contributed by atoms with Crippen molar-refractivity contribution in [3.63, 3.8) is 0 Å². The summed E-state index contributed by atoms with van der Waals surface area (Å²) in [6.07, 6.45) is 0. The number of fused-ring (bicyclic) bond motifs is 1. The maximum atomic E-state index is 11.4. The molecule has 0 amide bonds. The first kappa shape index (κ1) is 10.9. The van der Waals surface area contributed by atoms with E-state index in [1.807, 2.05) is 0 Å². The molecule has 0 aliphatic carbocycles. The first-order valence-corrected chi connectivity index (χ1v) is 5.82. The van der Waals surface area contributed by atoms with Crippen molar-refractivity contribution in [1.82, 2.24) is 0 Å². The van der Waals surface area contributed by atoms with Gasteiger partial charge in [0.15, 0.2) is 0 Å². The van der Waals surface area contributed by atoms with E-state index in [2.05, 4.69) is 4.33 Å². The highest BCUT2D eigenvalue weighted by molar-refractivity contribution is 7.86. The van der Waals surface area contributed by atoms with Crippen LogP contribution in [0.25, 0.3) is 10.8 Å². The predicted molar refractivity (Wildman–Crippen MR) is 59.3 cm³/mol. The van der Waals surface area contributed by atoms with Crippen LogP contribution in [0.1, 0.15) is 0 Å². The zero-order valence-electron chi connectivity index (χ0n) is 8.12. The number of anilines is 1.